The highest BCUT2D eigenvalue weighted by molar-refractivity contribution is 7.12. The number of aromatic nitrogens is 1. The summed E-state index contributed by atoms with van der Waals surface area (Å²) in [6.07, 6.45) is 2.85. The number of hydrogen-bond acceptors (Lipinski definition) is 5. The quantitative estimate of drug-likeness (QED) is 0.884. The van der Waals surface area contributed by atoms with E-state index in [2.05, 4.69) is 21.3 Å². The van der Waals surface area contributed by atoms with Crippen molar-refractivity contribution in [3.05, 3.63) is 46.3 Å². The zero-order valence-corrected chi connectivity index (χ0v) is 14.0. The number of thiophene rings is 1. The molecule has 1 aliphatic rings. The van der Waals surface area contributed by atoms with Gasteiger partial charge in [-0.1, -0.05) is 12.1 Å². The molecule has 23 heavy (non-hydrogen) atoms. The van der Waals surface area contributed by atoms with Gasteiger partial charge < -0.3 is 10.1 Å². The first-order valence-electron chi connectivity index (χ1n) is 7.89. The van der Waals surface area contributed by atoms with Gasteiger partial charge in [0.1, 0.15) is 0 Å². The lowest BCUT2D eigenvalue weighted by Gasteiger charge is -2.16. The number of likely N-dealkylation sites (tertiary alicyclic amines) is 1. The van der Waals surface area contributed by atoms with E-state index in [1.807, 2.05) is 36.7 Å². The molecule has 3 rings (SSSR count). The molecular weight excluding hydrogens is 310 g/mol. The van der Waals surface area contributed by atoms with Gasteiger partial charge >= 0.3 is 0 Å². The number of rotatable bonds is 6. The van der Waals surface area contributed by atoms with Crippen LogP contribution in [-0.4, -0.2) is 41.5 Å². The Morgan fingerprint density at radius 1 is 1.48 bits per heavy atom. The van der Waals surface area contributed by atoms with Gasteiger partial charge in [0.05, 0.1) is 11.5 Å². The number of amides is 1. The van der Waals surface area contributed by atoms with Crippen LogP contribution in [0, 0.1) is 0 Å². The van der Waals surface area contributed by atoms with E-state index in [0.29, 0.717) is 12.5 Å². The first kappa shape index (κ1) is 16.0. The van der Waals surface area contributed by atoms with E-state index in [1.54, 1.807) is 0 Å². The van der Waals surface area contributed by atoms with Crippen molar-refractivity contribution in [2.75, 3.05) is 19.7 Å². The van der Waals surface area contributed by atoms with E-state index in [0.717, 1.165) is 30.9 Å². The number of pyridine rings is 1. The molecule has 0 radical (unpaired) electrons. The van der Waals surface area contributed by atoms with Gasteiger partial charge in [-0.15, -0.1) is 11.3 Å². The molecule has 0 aromatic carbocycles. The van der Waals surface area contributed by atoms with Crippen LogP contribution in [0.5, 0.6) is 5.88 Å². The zero-order chi connectivity index (χ0) is 16.1. The summed E-state index contributed by atoms with van der Waals surface area (Å²) in [4.78, 5) is 19.5. The Balaban J connectivity index is 1.48. The third-order valence-corrected chi connectivity index (χ3v) is 4.72. The molecule has 122 valence electrons. The van der Waals surface area contributed by atoms with Crippen molar-refractivity contribution >= 4 is 17.2 Å². The Labute approximate surface area is 140 Å². The Morgan fingerprint density at radius 2 is 2.39 bits per heavy atom. The molecule has 1 fully saturated rings. The maximum Gasteiger partial charge on any atom is 0.261 e. The summed E-state index contributed by atoms with van der Waals surface area (Å²) in [5, 5.41) is 5.04. The fourth-order valence-electron chi connectivity index (χ4n) is 2.75. The Bertz CT molecular complexity index is 628. The second kappa shape index (κ2) is 7.57. The molecule has 1 N–H and O–H groups in total. The van der Waals surface area contributed by atoms with E-state index >= 15 is 0 Å². The van der Waals surface area contributed by atoms with Crippen molar-refractivity contribution in [3.63, 3.8) is 0 Å². The van der Waals surface area contributed by atoms with Crippen LogP contribution < -0.4 is 10.1 Å². The van der Waals surface area contributed by atoms with Crippen molar-refractivity contribution in [2.45, 2.75) is 25.9 Å². The van der Waals surface area contributed by atoms with E-state index in [1.165, 1.54) is 16.9 Å². The van der Waals surface area contributed by atoms with Gasteiger partial charge in [0, 0.05) is 37.9 Å². The Kier molecular flexibility index (Phi) is 5.25. The molecule has 1 aliphatic heterocycles. The number of carbonyl (C=O) groups is 1. The van der Waals surface area contributed by atoms with Crippen LogP contribution in [0.2, 0.25) is 0 Å². The molecule has 3 heterocycles. The highest BCUT2D eigenvalue weighted by Gasteiger charge is 2.24. The van der Waals surface area contributed by atoms with Crippen LogP contribution in [0.15, 0.2) is 35.8 Å². The average Bonchev–Trinajstić information content (AvgIpc) is 3.21. The van der Waals surface area contributed by atoms with Gasteiger partial charge in [-0.25, -0.2) is 4.98 Å². The summed E-state index contributed by atoms with van der Waals surface area (Å²) in [5.41, 5.74) is 1.17. The molecular formula is C17H21N3O2S. The van der Waals surface area contributed by atoms with E-state index < -0.39 is 0 Å². The normalized spacial score (nSPS) is 18.0. The molecule has 1 amide bonds. The molecule has 1 unspecified atom stereocenters. The van der Waals surface area contributed by atoms with Gasteiger partial charge in [-0.2, -0.15) is 0 Å². The zero-order valence-electron chi connectivity index (χ0n) is 13.2. The molecule has 6 heteroatoms. The minimum Gasteiger partial charge on any atom is -0.478 e. The van der Waals surface area contributed by atoms with E-state index in [4.69, 9.17) is 4.74 Å². The first-order chi connectivity index (χ1) is 11.2. The molecule has 0 saturated carbocycles. The molecule has 0 spiro atoms. The third-order valence-electron chi connectivity index (χ3n) is 3.85. The van der Waals surface area contributed by atoms with Gasteiger partial charge in [0.2, 0.25) is 5.88 Å². The molecule has 0 bridgehead atoms. The monoisotopic (exact) mass is 331 g/mol. The summed E-state index contributed by atoms with van der Waals surface area (Å²) in [7, 11) is 0. The number of nitrogens with one attached hydrogen (secondary N) is 1. The SMILES string of the molecule is CCOc1ccc(CN2CCC(NC(=O)c3cccs3)C2)cn1. The Hall–Kier alpha value is -1.92. The summed E-state index contributed by atoms with van der Waals surface area (Å²) in [5.74, 6) is 0.702. The van der Waals surface area contributed by atoms with E-state index in [9.17, 15) is 4.79 Å². The van der Waals surface area contributed by atoms with Crippen molar-refractivity contribution < 1.29 is 9.53 Å². The van der Waals surface area contributed by atoms with Crippen LogP contribution >= 0.6 is 11.3 Å². The van der Waals surface area contributed by atoms with Crippen LogP contribution in [0.3, 0.4) is 0 Å². The summed E-state index contributed by atoms with van der Waals surface area (Å²) >= 11 is 1.48. The third kappa shape index (κ3) is 4.30. The lowest BCUT2D eigenvalue weighted by Crippen LogP contribution is -2.36. The molecule has 2 aromatic rings. The molecule has 1 saturated heterocycles. The predicted octanol–water partition coefficient (Wildman–Crippen LogP) is 2.55. The molecule has 5 nitrogen and oxygen atoms in total. The summed E-state index contributed by atoms with van der Waals surface area (Å²) < 4.78 is 5.36. The average molecular weight is 331 g/mol. The smallest absolute Gasteiger partial charge is 0.261 e. The summed E-state index contributed by atoms with van der Waals surface area (Å²) in [6, 6.07) is 7.94. The van der Waals surface area contributed by atoms with Gasteiger partial charge in [-0.05, 0) is 30.4 Å². The first-order valence-corrected chi connectivity index (χ1v) is 8.77. The predicted molar refractivity (Wildman–Crippen MR) is 90.9 cm³/mol. The molecule has 0 aliphatic carbocycles. The van der Waals surface area contributed by atoms with Crippen LogP contribution in [0.4, 0.5) is 0 Å². The topological polar surface area (TPSA) is 54.5 Å². The second-order valence-electron chi connectivity index (χ2n) is 5.61. The van der Waals surface area contributed by atoms with Crippen LogP contribution in [0.25, 0.3) is 0 Å². The highest BCUT2D eigenvalue weighted by Crippen LogP contribution is 2.16. The lowest BCUT2D eigenvalue weighted by atomic mass is 10.2. The van der Waals surface area contributed by atoms with Crippen molar-refractivity contribution in [1.82, 2.24) is 15.2 Å². The largest absolute Gasteiger partial charge is 0.478 e. The minimum absolute atomic E-state index is 0.0367. The van der Waals surface area contributed by atoms with E-state index in [-0.39, 0.29) is 11.9 Å². The summed E-state index contributed by atoms with van der Waals surface area (Å²) in [6.45, 7) is 5.30. The van der Waals surface area contributed by atoms with Crippen LogP contribution in [-0.2, 0) is 6.54 Å². The highest BCUT2D eigenvalue weighted by atomic mass is 32.1. The fraction of sp³-hybridized carbons (Fsp3) is 0.412. The van der Waals surface area contributed by atoms with Gasteiger partial charge in [0.15, 0.2) is 0 Å². The standard InChI is InChI=1S/C17H21N3O2S/c1-2-22-16-6-5-13(10-18-16)11-20-8-7-14(12-20)19-17(21)15-4-3-9-23-15/h3-6,9-10,14H,2,7-8,11-12H2,1H3,(H,19,21). The fourth-order valence-corrected chi connectivity index (χ4v) is 3.38. The number of carbonyl (C=O) groups excluding carboxylic acids is 1. The van der Waals surface area contributed by atoms with Crippen molar-refractivity contribution in [3.8, 4) is 5.88 Å². The number of ether oxygens (including phenoxy) is 1. The maximum absolute atomic E-state index is 12.1. The van der Waals surface area contributed by atoms with Gasteiger partial charge in [-0.3, -0.25) is 9.69 Å². The molecule has 2 aromatic heterocycles. The lowest BCUT2D eigenvalue weighted by molar-refractivity contribution is 0.0941. The minimum atomic E-state index is 0.0367. The maximum atomic E-state index is 12.1. The van der Waals surface area contributed by atoms with Crippen molar-refractivity contribution in [2.24, 2.45) is 0 Å². The number of nitrogens with zero attached hydrogens (tertiary/aromatic N) is 2. The van der Waals surface area contributed by atoms with Crippen LogP contribution in [0.1, 0.15) is 28.6 Å². The van der Waals surface area contributed by atoms with Crippen molar-refractivity contribution in [1.29, 1.82) is 0 Å². The molecule has 1 atom stereocenters. The second-order valence-corrected chi connectivity index (χ2v) is 6.56. The number of hydrogen-bond donors (Lipinski definition) is 1. The Morgan fingerprint density at radius 3 is 3.09 bits per heavy atom. The van der Waals surface area contributed by atoms with Gasteiger partial charge in [0.25, 0.3) is 5.91 Å².